The van der Waals surface area contributed by atoms with E-state index >= 15 is 0 Å². The standard InChI is InChI=1S/C15H22N2O4/c1-15(2,3)17-13(18)9-16-14(19)10-21-12-7-5-11(20-4)6-8-12/h5-8H,9-10H2,1-4H3,(H,16,19)(H,17,18). The van der Waals surface area contributed by atoms with Crippen LogP contribution in [0.25, 0.3) is 0 Å². The summed E-state index contributed by atoms with van der Waals surface area (Å²) >= 11 is 0. The Labute approximate surface area is 124 Å². The van der Waals surface area contributed by atoms with Crippen LogP contribution in [0.2, 0.25) is 0 Å². The summed E-state index contributed by atoms with van der Waals surface area (Å²) in [6.45, 7) is 5.41. The van der Waals surface area contributed by atoms with Gasteiger partial charge < -0.3 is 20.1 Å². The number of nitrogens with one attached hydrogen (secondary N) is 2. The third kappa shape index (κ3) is 7.20. The van der Waals surface area contributed by atoms with E-state index in [1.54, 1.807) is 31.4 Å². The highest BCUT2D eigenvalue weighted by molar-refractivity contribution is 5.85. The fourth-order valence-corrected chi connectivity index (χ4v) is 1.51. The average Bonchev–Trinajstić information content (AvgIpc) is 2.41. The molecule has 0 atom stereocenters. The van der Waals surface area contributed by atoms with Gasteiger partial charge in [-0.1, -0.05) is 0 Å². The van der Waals surface area contributed by atoms with E-state index in [0.717, 1.165) is 0 Å². The molecule has 0 heterocycles. The first-order valence-electron chi connectivity index (χ1n) is 6.65. The predicted octanol–water partition coefficient (Wildman–Crippen LogP) is 1.10. The minimum Gasteiger partial charge on any atom is -0.497 e. The first-order valence-corrected chi connectivity index (χ1v) is 6.65. The maximum atomic E-state index is 11.6. The monoisotopic (exact) mass is 294 g/mol. The molecule has 0 spiro atoms. The molecule has 21 heavy (non-hydrogen) atoms. The lowest BCUT2D eigenvalue weighted by atomic mass is 10.1. The van der Waals surface area contributed by atoms with E-state index in [9.17, 15) is 9.59 Å². The smallest absolute Gasteiger partial charge is 0.258 e. The van der Waals surface area contributed by atoms with Crippen molar-refractivity contribution in [1.29, 1.82) is 0 Å². The molecule has 0 saturated carbocycles. The van der Waals surface area contributed by atoms with Crippen molar-refractivity contribution in [3.8, 4) is 11.5 Å². The summed E-state index contributed by atoms with van der Waals surface area (Å²) in [5, 5.41) is 5.25. The summed E-state index contributed by atoms with van der Waals surface area (Å²) in [5.74, 6) is 0.686. The Morgan fingerprint density at radius 2 is 1.62 bits per heavy atom. The Balaban J connectivity index is 2.29. The van der Waals surface area contributed by atoms with Crippen molar-refractivity contribution < 1.29 is 19.1 Å². The lowest BCUT2D eigenvalue weighted by molar-refractivity contribution is -0.127. The molecule has 1 aromatic carbocycles. The zero-order valence-corrected chi connectivity index (χ0v) is 12.9. The van der Waals surface area contributed by atoms with Crippen molar-refractivity contribution in [2.45, 2.75) is 26.3 Å². The molecular weight excluding hydrogens is 272 g/mol. The molecule has 0 bridgehead atoms. The van der Waals surface area contributed by atoms with Gasteiger partial charge in [0, 0.05) is 5.54 Å². The quantitative estimate of drug-likeness (QED) is 0.824. The lowest BCUT2D eigenvalue weighted by Gasteiger charge is -2.20. The molecule has 1 aromatic rings. The van der Waals surface area contributed by atoms with E-state index in [1.807, 2.05) is 20.8 Å². The largest absolute Gasteiger partial charge is 0.497 e. The zero-order valence-electron chi connectivity index (χ0n) is 12.9. The highest BCUT2D eigenvalue weighted by atomic mass is 16.5. The third-order valence-electron chi connectivity index (χ3n) is 2.39. The Hall–Kier alpha value is -2.24. The molecule has 6 heteroatoms. The SMILES string of the molecule is COc1ccc(OCC(=O)NCC(=O)NC(C)(C)C)cc1. The van der Waals surface area contributed by atoms with Crippen molar-refractivity contribution in [1.82, 2.24) is 10.6 Å². The topological polar surface area (TPSA) is 76.7 Å². The summed E-state index contributed by atoms with van der Waals surface area (Å²) in [5.41, 5.74) is -0.318. The van der Waals surface area contributed by atoms with E-state index in [-0.39, 0.29) is 30.5 Å². The van der Waals surface area contributed by atoms with Crippen molar-refractivity contribution >= 4 is 11.8 Å². The number of amides is 2. The summed E-state index contributed by atoms with van der Waals surface area (Å²) in [6, 6.07) is 6.89. The van der Waals surface area contributed by atoms with Crippen molar-refractivity contribution in [3.63, 3.8) is 0 Å². The maximum Gasteiger partial charge on any atom is 0.258 e. The first-order chi connectivity index (χ1) is 9.80. The molecule has 0 fully saturated rings. The van der Waals surface area contributed by atoms with Gasteiger partial charge in [0.1, 0.15) is 11.5 Å². The summed E-state index contributed by atoms with van der Waals surface area (Å²) in [6.07, 6.45) is 0. The summed E-state index contributed by atoms with van der Waals surface area (Å²) in [4.78, 5) is 23.1. The molecule has 0 aliphatic heterocycles. The average molecular weight is 294 g/mol. The van der Waals surface area contributed by atoms with E-state index in [0.29, 0.717) is 11.5 Å². The molecule has 0 aliphatic carbocycles. The van der Waals surface area contributed by atoms with Gasteiger partial charge in [0.15, 0.2) is 6.61 Å². The van der Waals surface area contributed by atoms with E-state index in [4.69, 9.17) is 9.47 Å². The van der Waals surface area contributed by atoms with Gasteiger partial charge in [0.05, 0.1) is 13.7 Å². The van der Waals surface area contributed by atoms with Crippen LogP contribution < -0.4 is 20.1 Å². The fraction of sp³-hybridized carbons (Fsp3) is 0.467. The second-order valence-corrected chi connectivity index (χ2v) is 5.54. The van der Waals surface area contributed by atoms with Crippen LogP contribution >= 0.6 is 0 Å². The van der Waals surface area contributed by atoms with Crippen LogP contribution in [0.5, 0.6) is 11.5 Å². The van der Waals surface area contributed by atoms with Crippen LogP contribution in [0.15, 0.2) is 24.3 Å². The second kappa shape index (κ2) is 7.52. The van der Waals surface area contributed by atoms with Crippen molar-refractivity contribution in [3.05, 3.63) is 24.3 Å². The Kier molecular flexibility index (Phi) is 6.02. The number of ether oxygens (including phenoxy) is 2. The first kappa shape index (κ1) is 16.8. The van der Waals surface area contributed by atoms with Gasteiger partial charge in [-0.05, 0) is 45.0 Å². The van der Waals surface area contributed by atoms with Crippen LogP contribution in [0.1, 0.15) is 20.8 Å². The highest BCUT2D eigenvalue weighted by Gasteiger charge is 2.14. The van der Waals surface area contributed by atoms with Crippen LogP contribution in [-0.2, 0) is 9.59 Å². The Morgan fingerprint density at radius 3 is 2.14 bits per heavy atom. The molecule has 0 unspecified atom stereocenters. The Bertz CT molecular complexity index is 477. The van der Waals surface area contributed by atoms with E-state index in [1.165, 1.54) is 0 Å². The van der Waals surface area contributed by atoms with Gasteiger partial charge in [-0.15, -0.1) is 0 Å². The molecule has 0 aromatic heterocycles. The number of carbonyl (C=O) groups excluding carboxylic acids is 2. The minimum atomic E-state index is -0.352. The number of carbonyl (C=O) groups is 2. The van der Waals surface area contributed by atoms with Crippen molar-refractivity contribution in [2.24, 2.45) is 0 Å². The highest BCUT2D eigenvalue weighted by Crippen LogP contribution is 2.16. The van der Waals surface area contributed by atoms with E-state index < -0.39 is 0 Å². The molecule has 0 radical (unpaired) electrons. The van der Waals surface area contributed by atoms with Gasteiger partial charge in [0.25, 0.3) is 5.91 Å². The third-order valence-corrected chi connectivity index (χ3v) is 2.39. The van der Waals surface area contributed by atoms with Crippen LogP contribution in [-0.4, -0.2) is 37.6 Å². The van der Waals surface area contributed by atoms with Gasteiger partial charge in [-0.3, -0.25) is 9.59 Å². The van der Waals surface area contributed by atoms with Crippen LogP contribution in [0.4, 0.5) is 0 Å². The number of rotatable bonds is 6. The maximum absolute atomic E-state index is 11.6. The molecule has 2 amide bonds. The molecule has 0 aliphatic rings. The van der Waals surface area contributed by atoms with Gasteiger partial charge in [-0.25, -0.2) is 0 Å². The molecule has 116 valence electrons. The molecule has 1 rings (SSSR count). The number of hydrogen-bond acceptors (Lipinski definition) is 4. The molecular formula is C15H22N2O4. The fourth-order valence-electron chi connectivity index (χ4n) is 1.51. The zero-order chi connectivity index (χ0) is 15.9. The van der Waals surface area contributed by atoms with Gasteiger partial charge in [-0.2, -0.15) is 0 Å². The van der Waals surface area contributed by atoms with Crippen molar-refractivity contribution in [2.75, 3.05) is 20.3 Å². The predicted molar refractivity (Wildman–Crippen MR) is 79.4 cm³/mol. The minimum absolute atomic E-state index is 0.0674. The van der Waals surface area contributed by atoms with Crippen LogP contribution in [0, 0.1) is 0 Å². The number of methoxy groups -OCH3 is 1. The lowest BCUT2D eigenvalue weighted by Crippen LogP contribution is -2.46. The number of benzene rings is 1. The molecule has 0 saturated heterocycles. The number of hydrogen-bond donors (Lipinski definition) is 2. The normalized spacial score (nSPS) is 10.7. The van der Waals surface area contributed by atoms with Crippen LogP contribution in [0.3, 0.4) is 0 Å². The van der Waals surface area contributed by atoms with Gasteiger partial charge in [0.2, 0.25) is 5.91 Å². The summed E-state index contributed by atoms with van der Waals surface area (Å²) in [7, 11) is 1.58. The molecule has 2 N–H and O–H groups in total. The molecule has 6 nitrogen and oxygen atoms in total. The Morgan fingerprint density at radius 1 is 1.05 bits per heavy atom. The summed E-state index contributed by atoms with van der Waals surface area (Å²) < 4.78 is 10.3. The van der Waals surface area contributed by atoms with E-state index in [2.05, 4.69) is 10.6 Å². The van der Waals surface area contributed by atoms with Gasteiger partial charge >= 0.3 is 0 Å². The second-order valence-electron chi connectivity index (χ2n) is 5.54.